The summed E-state index contributed by atoms with van der Waals surface area (Å²) in [6.07, 6.45) is 5.04. The Kier molecular flexibility index (Phi) is 3.61. The second kappa shape index (κ2) is 5.35. The fraction of sp³-hybridized carbons (Fsp3) is 0.364. The van der Waals surface area contributed by atoms with Gasteiger partial charge in [-0.15, -0.1) is 0 Å². The van der Waals surface area contributed by atoms with E-state index in [0.717, 1.165) is 4.90 Å². The summed E-state index contributed by atoms with van der Waals surface area (Å²) in [5.74, 6) is -1.46. The molecule has 7 heteroatoms. The van der Waals surface area contributed by atoms with Gasteiger partial charge in [0.2, 0.25) is 5.91 Å². The van der Waals surface area contributed by atoms with Crippen molar-refractivity contribution in [3.63, 3.8) is 0 Å². The molecular formula is C11H11N3O4. The molecule has 1 fully saturated rings. The fourth-order valence-corrected chi connectivity index (χ4v) is 1.60. The number of aromatic nitrogens is 2. The molecule has 7 nitrogen and oxygen atoms in total. The summed E-state index contributed by atoms with van der Waals surface area (Å²) < 4.78 is 4.77. The minimum Gasteiger partial charge on any atom is -0.451 e. The summed E-state index contributed by atoms with van der Waals surface area (Å²) in [7, 11) is 0. The largest absolute Gasteiger partial charge is 0.451 e. The molecule has 2 rings (SSSR count). The van der Waals surface area contributed by atoms with Crippen LogP contribution in [-0.4, -0.2) is 45.8 Å². The van der Waals surface area contributed by atoms with Gasteiger partial charge in [-0.1, -0.05) is 0 Å². The van der Waals surface area contributed by atoms with E-state index in [-0.39, 0.29) is 11.6 Å². The Hall–Kier alpha value is -2.31. The van der Waals surface area contributed by atoms with Crippen LogP contribution < -0.4 is 0 Å². The van der Waals surface area contributed by atoms with Crippen molar-refractivity contribution in [3.8, 4) is 0 Å². The number of nitrogens with zero attached hydrogens (tertiary/aromatic N) is 3. The van der Waals surface area contributed by atoms with Crippen LogP contribution in [0.1, 0.15) is 23.3 Å². The highest BCUT2D eigenvalue weighted by Crippen LogP contribution is 2.09. The standard InChI is InChI=1S/C11H11N3O4/c15-9-2-1-5-14(9)10(16)7-18-11(17)8-6-12-3-4-13-8/h3-4,6H,1-2,5,7H2. The Morgan fingerprint density at radius 3 is 2.83 bits per heavy atom. The van der Waals surface area contributed by atoms with Crippen LogP contribution in [0.4, 0.5) is 0 Å². The van der Waals surface area contributed by atoms with Crippen molar-refractivity contribution in [2.24, 2.45) is 0 Å². The molecule has 1 aromatic heterocycles. The zero-order chi connectivity index (χ0) is 13.0. The molecule has 0 N–H and O–H groups in total. The van der Waals surface area contributed by atoms with Gasteiger partial charge in [-0.2, -0.15) is 0 Å². The van der Waals surface area contributed by atoms with Crippen LogP contribution >= 0.6 is 0 Å². The first-order valence-electron chi connectivity index (χ1n) is 5.45. The van der Waals surface area contributed by atoms with Crippen molar-refractivity contribution >= 4 is 17.8 Å². The lowest BCUT2D eigenvalue weighted by atomic mass is 10.4. The minimum absolute atomic E-state index is 0.0260. The average molecular weight is 249 g/mol. The third-order valence-corrected chi connectivity index (χ3v) is 2.47. The number of hydrogen-bond donors (Lipinski definition) is 0. The van der Waals surface area contributed by atoms with Crippen molar-refractivity contribution < 1.29 is 19.1 Å². The average Bonchev–Trinajstić information content (AvgIpc) is 2.83. The number of ether oxygens (including phenoxy) is 1. The van der Waals surface area contributed by atoms with Crippen LogP contribution in [0.3, 0.4) is 0 Å². The first-order chi connectivity index (χ1) is 8.68. The van der Waals surface area contributed by atoms with Gasteiger partial charge in [-0.05, 0) is 6.42 Å². The molecule has 0 aromatic carbocycles. The summed E-state index contributed by atoms with van der Waals surface area (Å²) in [5.41, 5.74) is 0.0260. The number of rotatable bonds is 3. The summed E-state index contributed by atoms with van der Waals surface area (Å²) in [6, 6.07) is 0. The van der Waals surface area contributed by atoms with E-state index in [2.05, 4.69) is 9.97 Å². The van der Waals surface area contributed by atoms with E-state index in [1.54, 1.807) is 0 Å². The summed E-state index contributed by atoms with van der Waals surface area (Å²) in [5, 5.41) is 0. The maximum atomic E-state index is 11.6. The maximum Gasteiger partial charge on any atom is 0.359 e. The van der Waals surface area contributed by atoms with Crippen molar-refractivity contribution in [1.29, 1.82) is 0 Å². The van der Waals surface area contributed by atoms with Crippen LogP contribution in [0.2, 0.25) is 0 Å². The third kappa shape index (κ3) is 2.68. The van der Waals surface area contributed by atoms with Crippen molar-refractivity contribution in [2.45, 2.75) is 12.8 Å². The molecule has 2 heterocycles. The lowest BCUT2D eigenvalue weighted by molar-refractivity contribution is -0.143. The molecule has 0 radical (unpaired) electrons. The fourth-order valence-electron chi connectivity index (χ4n) is 1.60. The molecule has 18 heavy (non-hydrogen) atoms. The molecular weight excluding hydrogens is 238 g/mol. The van der Waals surface area contributed by atoms with E-state index in [4.69, 9.17) is 4.74 Å². The van der Waals surface area contributed by atoms with Gasteiger partial charge in [-0.3, -0.25) is 19.5 Å². The lowest BCUT2D eigenvalue weighted by Gasteiger charge is -2.12. The minimum atomic E-state index is -0.733. The molecule has 94 valence electrons. The number of amides is 2. The molecule has 1 aliphatic heterocycles. The molecule has 0 unspecified atom stereocenters. The topological polar surface area (TPSA) is 89.5 Å². The lowest BCUT2D eigenvalue weighted by Crippen LogP contribution is -2.35. The molecule has 1 aromatic rings. The van der Waals surface area contributed by atoms with E-state index in [0.29, 0.717) is 19.4 Å². The number of esters is 1. The quantitative estimate of drug-likeness (QED) is 0.688. The predicted molar refractivity (Wildman–Crippen MR) is 58.3 cm³/mol. The van der Waals surface area contributed by atoms with Gasteiger partial charge < -0.3 is 4.74 Å². The Labute approximate surface area is 103 Å². The van der Waals surface area contributed by atoms with E-state index in [1.165, 1.54) is 18.6 Å². The van der Waals surface area contributed by atoms with E-state index in [1.807, 2.05) is 0 Å². The van der Waals surface area contributed by atoms with E-state index < -0.39 is 18.5 Å². The predicted octanol–water partition coefficient (Wildman–Crippen LogP) is -0.218. The van der Waals surface area contributed by atoms with Gasteiger partial charge in [-0.25, -0.2) is 9.78 Å². The highest BCUT2D eigenvalue weighted by Gasteiger charge is 2.27. The van der Waals surface area contributed by atoms with Crippen LogP contribution in [0, 0.1) is 0 Å². The van der Waals surface area contributed by atoms with Crippen LogP contribution in [0.15, 0.2) is 18.6 Å². The molecule has 0 aliphatic carbocycles. The molecule has 1 aliphatic rings. The highest BCUT2D eigenvalue weighted by molar-refractivity contribution is 5.98. The van der Waals surface area contributed by atoms with Gasteiger partial charge >= 0.3 is 5.97 Å². The monoisotopic (exact) mass is 249 g/mol. The van der Waals surface area contributed by atoms with Crippen molar-refractivity contribution in [3.05, 3.63) is 24.3 Å². The second-order valence-corrected chi connectivity index (χ2v) is 3.71. The number of imide groups is 1. The van der Waals surface area contributed by atoms with E-state index in [9.17, 15) is 14.4 Å². The molecule has 1 saturated heterocycles. The summed E-state index contributed by atoms with van der Waals surface area (Å²) in [6.45, 7) is -0.0679. The highest BCUT2D eigenvalue weighted by atomic mass is 16.5. The number of hydrogen-bond acceptors (Lipinski definition) is 6. The number of carbonyl (C=O) groups excluding carboxylic acids is 3. The van der Waals surface area contributed by atoms with Crippen molar-refractivity contribution in [2.75, 3.05) is 13.2 Å². The molecule has 2 amide bonds. The van der Waals surface area contributed by atoms with E-state index >= 15 is 0 Å². The molecule has 0 saturated carbocycles. The first kappa shape index (κ1) is 12.2. The number of likely N-dealkylation sites (tertiary alicyclic amines) is 1. The first-order valence-corrected chi connectivity index (χ1v) is 5.45. The smallest absolute Gasteiger partial charge is 0.359 e. The Morgan fingerprint density at radius 2 is 2.22 bits per heavy atom. The van der Waals surface area contributed by atoms with Gasteiger partial charge in [0.15, 0.2) is 12.3 Å². The third-order valence-electron chi connectivity index (χ3n) is 2.47. The zero-order valence-corrected chi connectivity index (χ0v) is 9.54. The Bertz CT molecular complexity index is 474. The Balaban J connectivity index is 1.86. The number of carbonyl (C=O) groups is 3. The molecule has 0 bridgehead atoms. The molecule has 0 spiro atoms. The van der Waals surface area contributed by atoms with Gasteiger partial charge in [0, 0.05) is 25.4 Å². The van der Waals surface area contributed by atoms with Crippen molar-refractivity contribution in [1.82, 2.24) is 14.9 Å². The maximum absolute atomic E-state index is 11.6. The SMILES string of the molecule is O=C(OCC(=O)N1CCCC1=O)c1cnccn1. The van der Waals surface area contributed by atoms with Crippen LogP contribution in [0.5, 0.6) is 0 Å². The molecule has 0 atom stereocenters. The van der Waals surface area contributed by atoms with Crippen LogP contribution in [0.25, 0.3) is 0 Å². The Morgan fingerprint density at radius 1 is 1.39 bits per heavy atom. The summed E-state index contributed by atoms with van der Waals surface area (Å²) in [4.78, 5) is 42.9. The second-order valence-electron chi connectivity index (χ2n) is 3.71. The van der Waals surface area contributed by atoms with Gasteiger partial charge in [0.1, 0.15) is 0 Å². The van der Waals surface area contributed by atoms with Gasteiger partial charge in [0.25, 0.3) is 5.91 Å². The normalized spacial score (nSPS) is 14.7. The van der Waals surface area contributed by atoms with Gasteiger partial charge in [0.05, 0.1) is 6.20 Å². The zero-order valence-electron chi connectivity index (χ0n) is 9.54. The van der Waals surface area contributed by atoms with Crippen LogP contribution in [-0.2, 0) is 14.3 Å². The summed E-state index contributed by atoms with van der Waals surface area (Å²) >= 11 is 0.